The van der Waals surface area contributed by atoms with Crippen LogP contribution in [0.4, 0.5) is 0 Å². The van der Waals surface area contributed by atoms with E-state index in [1.54, 1.807) is 20.1 Å². The molecule has 1 N–H and O–H groups in total. The number of hydrogen-bond donors (Lipinski definition) is 1. The molecule has 0 saturated carbocycles. The highest BCUT2D eigenvalue weighted by Gasteiger charge is 2.09. The molecular weight excluding hydrogens is 214 g/mol. The molecule has 17 heavy (non-hydrogen) atoms. The molecule has 0 aliphatic heterocycles. The number of benzene rings is 1. The van der Waals surface area contributed by atoms with Crippen molar-refractivity contribution in [3.05, 3.63) is 53.6 Å². The maximum atomic E-state index is 9.81. The first-order valence-corrected chi connectivity index (χ1v) is 5.37. The predicted octanol–water partition coefficient (Wildman–Crippen LogP) is 3.77. The van der Waals surface area contributed by atoms with Gasteiger partial charge in [-0.3, -0.25) is 0 Å². The lowest BCUT2D eigenvalue weighted by molar-refractivity contribution is 0.340. The number of ether oxygens (including phenoxy) is 1. The predicted molar refractivity (Wildman–Crippen MR) is 70.4 cm³/mol. The van der Waals surface area contributed by atoms with Gasteiger partial charge < -0.3 is 9.84 Å². The number of hydrogen-bond acceptors (Lipinski definition) is 3. The van der Waals surface area contributed by atoms with E-state index in [2.05, 4.69) is 11.6 Å². The van der Waals surface area contributed by atoms with Gasteiger partial charge in [0.05, 0.1) is 0 Å². The molecule has 0 amide bonds. The Morgan fingerprint density at radius 2 is 2.06 bits per heavy atom. The van der Waals surface area contributed by atoms with Crippen LogP contribution in [-0.2, 0) is 0 Å². The fourth-order valence-corrected chi connectivity index (χ4v) is 1.21. The van der Waals surface area contributed by atoms with Gasteiger partial charge in [-0.1, -0.05) is 24.8 Å². The van der Waals surface area contributed by atoms with Gasteiger partial charge >= 0.3 is 0 Å². The van der Waals surface area contributed by atoms with Gasteiger partial charge in [0.2, 0.25) is 0 Å². The number of aliphatic hydroxyl groups excluding tert-OH is 1. The summed E-state index contributed by atoms with van der Waals surface area (Å²) in [6.45, 7) is 9.04. The topological polar surface area (TPSA) is 41.8 Å². The second kappa shape index (κ2) is 5.89. The Hall–Kier alpha value is -2.03. The van der Waals surface area contributed by atoms with Crippen LogP contribution in [0.3, 0.4) is 0 Å². The standard InChI is InChI=1S/C14H17NO2/c1-5-15-14(13(16)10(2)3)17-12-9-7-6-8-11(12)4/h5-9,16H,2H2,1,3-4H3/b14-13-,15-5-. The molecule has 3 nitrogen and oxygen atoms in total. The van der Waals surface area contributed by atoms with Gasteiger partial charge in [0, 0.05) is 6.21 Å². The zero-order chi connectivity index (χ0) is 12.8. The maximum Gasteiger partial charge on any atom is 0.262 e. The summed E-state index contributed by atoms with van der Waals surface area (Å²) in [7, 11) is 0. The molecule has 0 bridgehead atoms. The van der Waals surface area contributed by atoms with Gasteiger partial charge in [0.15, 0.2) is 5.76 Å². The second-order valence-corrected chi connectivity index (χ2v) is 3.69. The third-order valence-corrected chi connectivity index (χ3v) is 2.15. The van der Waals surface area contributed by atoms with Crippen LogP contribution in [-0.4, -0.2) is 11.3 Å². The van der Waals surface area contributed by atoms with Crippen molar-refractivity contribution in [1.29, 1.82) is 0 Å². The molecule has 0 spiro atoms. The summed E-state index contributed by atoms with van der Waals surface area (Å²) in [6.07, 6.45) is 1.56. The molecule has 0 aromatic heterocycles. The van der Waals surface area contributed by atoms with Crippen LogP contribution in [0.2, 0.25) is 0 Å². The average molecular weight is 231 g/mol. The summed E-state index contributed by atoms with van der Waals surface area (Å²) >= 11 is 0. The molecule has 0 saturated heterocycles. The van der Waals surface area contributed by atoms with E-state index < -0.39 is 0 Å². The van der Waals surface area contributed by atoms with Crippen molar-refractivity contribution in [2.75, 3.05) is 0 Å². The molecule has 0 atom stereocenters. The van der Waals surface area contributed by atoms with E-state index in [1.807, 2.05) is 31.2 Å². The largest absolute Gasteiger partial charge is 0.503 e. The maximum absolute atomic E-state index is 9.81. The highest BCUT2D eigenvalue weighted by molar-refractivity contribution is 5.55. The Labute approximate surface area is 102 Å². The number of aliphatic imine (C=N–C) groups is 1. The van der Waals surface area contributed by atoms with E-state index >= 15 is 0 Å². The van der Waals surface area contributed by atoms with Crippen LogP contribution in [0.15, 0.2) is 53.1 Å². The molecular formula is C14H17NO2. The van der Waals surface area contributed by atoms with Gasteiger partial charge in [0.25, 0.3) is 5.88 Å². The fraction of sp³-hybridized carbons (Fsp3) is 0.214. The lowest BCUT2D eigenvalue weighted by Crippen LogP contribution is -2.00. The van der Waals surface area contributed by atoms with Crippen LogP contribution in [0, 0.1) is 6.92 Å². The molecule has 0 heterocycles. The van der Waals surface area contributed by atoms with Crippen LogP contribution in [0.1, 0.15) is 19.4 Å². The summed E-state index contributed by atoms with van der Waals surface area (Å²) in [5, 5.41) is 9.81. The number of allylic oxidation sites excluding steroid dienone is 1. The zero-order valence-corrected chi connectivity index (χ0v) is 10.4. The quantitative estimate of drug-likeness (QED) is 0.487. The first-order chi connectivity index (χ1) is 8.06. The van der Waals surface area contributed by atoms with E-state index in [1.165, 1.54) is 0 Å². The smallest absolute Gasteiger partial charge is 0.262 e. The van der Waals surface area contributed by atoms with E-state index in [0.717, 1.165) is 5.56 Å². The fourth-order valence-electron chi connectivity index (χ4n) is 1.21. The van der Waals surface area contributed by atoms with Crippen LogP contribution < -0.4 is 4.74 Å². The zero-order valence-electron chi connectivity index (χ0n) is 10.4. The Kier molecular flexibility index (Phi) is 4.52. The van der Waals surface area contributed by atoms with Crippen molar-refractivity contribution >= 4 is 6.21 Å². The number of para-hydroxylation sites is 1. The van der Waals surface area contributed by atoms with Gasteiger partial charge in [-0.05, 0) is 38.0 Å². The number of aryl methyl sites for hydroxylation is 1. The molecule has 1 rings (SSSR count). The minimum Gasteiger partial charge on any atom is -0.503 e. The normalized spacial score (nSPS) is 12.4. The Bertz CT molecular complexity index is 473. The molecule has 3 heteroatoms. The first-order valence-electron chi connectivity index (χ1n) is 5.37. The van der Waals surface area contributed by atoms with Gasteiger partial charge in [0.1, 0.15) is 5.75 Å². The van der Waals surface area contributed by atoms with Crippen molar-refractivity contribution in [2.45, 2.75) is 20.8 Å². The number of nitrogens with zero attached hydrogens (tertiary/aromatic N) is 1. The highest BCUT2D eigenvalue weighted by atomic mass is 16.5. The van der Waals surface area contributed by atoms with Gasteiger partial charge in [-0.25, -0.2) is 4.99 Å². The minimum atomic E-state index is -0.0358. The second-order valence-electron chi connectivity index (χ2n) is 3.69. The number of rotatable bonds is 4. The van der Waals surface area contributed by atoms with Crippen molar-refractivity contribution in [2.24, 2.45) is 4.99 Å². The van der Waals surface area contributed by atoms with Crippen molar-refractivity contribution in [3.63, 3.8) is 0 Å². The molecule has 1 aromatic rings. The monoisotopic (exact) mass is 231 g/mol. The SMILES string of the molecule is C=C(C)/C(O)=C(\N=C/C)Oc1ccccc1C. The first kappa shape index (κ1) is 13.0. The van der Waals surface area contributed by atoms with E-state index in [4.69, 9.17) is 4.74 Å². The molecule has 1 aromatic carbocycles. The van der Waals surface area contributed by atoms with E-state index in [-0.39, 0.29) is 11.6 Å². The lowest BCUT2D eigenvalue weighted by atomic mass is 10.2. The summed E-state index contributed by atoms with van der Waals surface area (Å²) in [4.78, 5) is 4.00. The summed E-state index contributed by atoms with van der Waals surface area (Å²) in [6, 6.07) is 7.55. The lowest BCUT2D eigenvalue weighted by Gasteiger charge is -2.10. The highest BCUT2D eigenvalue weighted by Crippen LogP contribution is 2.22. The molecule has 90 valence electrons. The van der Waals surface area contributed by atoms with Crippen LogP contribution >= 0.6 is 0 Å². The molecule has 0 aliphatic rings. The van der Waals surface area contributed by atoms with Gasteiger partial charge in [-0.2, -0.15) is 0 Å². The molecule has 0 aliphatic carbocycles. The van der Waals surface area contributed by atoms with Crippen LogP contribution in [0.25, 0.3) is 0 Å². The van der Waals surface area contributed by atoms with Crippen LogP contribution in [0.5, 0.6) is 5.75 Å². The minimum absolute atomic E-state index is 0.0358. The third kappa shape index (κ3) is 3.48. The molecule has 0 unspecified atom stereocenters. The summed E-state index contributed by atoms with van der Waals surface area (Å²) in [5.74, 6) is 0.793. The van der Waals surface area contributed by atoms with Crippen molar-refractivity contribution in [1.82, 2.24) is 0 Å². The van der Waals surface area contributed by atoms with E-state index in [9.17, 15) is 5.11 Å². The van der Waals surface area contributed by atoms with Gasteiger partial charge in [-0.15, -0.1) is 0 Å². The number of aliphatic hydroxyl groups is 1. The van der Waals surface area contributed by atoms with E-state index in [0.29, 0.717) is 11.3 Å². The van der Waals surface area contributed by atoms with Crippen molar-refractivity contribution < 1.29 is 9.84 Å². The Morgan fingerprint density at radius 1 is 1.41 bits per heavy atom. The average Bonchev–Trinajstić information content (AvgIpc) is 2.30. The molecule has 0 fully saturated rings. The van der Waals surface area contributed by atoms with Crippen molar-refractivity contribution in [3.8, 4) is 5.75 Å². The molecule has 0 radical (unpaired) electrons. The summed E-state index contributed by atoms with van der Waals surface area (Å²) < 4.78 is 5.58. The Balaban J connectivity index is 3.09. The third-order valence-electron chi connectivity index (χ3n) is 2.15. The Morgan fingerprint density at radius 3 is 2.59 bits per heavy atom. The summed E-state index contributed by atoms with van der Waals surface area (Å²) in [5.41, 5.74) is 1.49.